The number of nitriles is 1. The van der Waals surface area contributed by atoms with Gasteiger partial charge < -0.3 is 10.6 Å². The van der Waals surface area contributed by atoms with Gasteiger partial charge in [-0.3, -0.25) is 4.79 Å². The van der Waals surface area contributed by atoms with E-state index >= 15 is 0 Å². The number of anilines is 1. The second-order valence-electron chi connectivity index (χ2n) is 4.54. The molecule has 0 aliphatic carbocycles. The summed E-state index contributed by atoms with van der Waals surface area (Å²) in [6.07, 6.45) is 3.99. The lowest BCUT2D eigenvalue weighted by Gasteiger charge is -2.16. The number of rotatable bonds is 2. The summed E-state index contributed by atoms with van der Waals surface area (Å²) >= 11 is 0. The number of hydrogen-bond acceptors (Lipinski definition) is 5. The largest absolute Gasteiger partial charge is 0.365 e. The van der Waals surface area contributed by atoms with Gasteiger partial charge in [0.1, 0.15) is 11.4 Å². The van der Waals surface area contributed by atoms with Crippen molar-refractivity contribution in [3.05, 3.63) is 24.0 Å². The molecule has 0 radical (unpaired) electrons. The molecule has 1 fully saturated rings. The van der Waals surface area contributed by atoms with E-state index in [-0.39, 0.29) is 5.92 Å². The highest BCUT2D eigenvalue weighted by atomic mass is 16.1. The molecule has 1 saturated heterocycles. The van der Waals surface area contributed by atoms with Crippen LogP contribution in [0.5, 0.6) is 0 Å². The van der Waals surface area contributed by atoms with Crippen molar-refractivity contribution < 1.29 is 4.79 Å². The molecule has 2 aromatic rings. The number of hydrogen-bond donors (Lipinski definition) is 1. The van der Waals surface area contributed by atoms with Gasteiger partial charge in [0.25, 0.3) is 5.91 Å². The van der Waals surface area contributed by atoms with Crippen LogP contribution in [-0.4, -0.2) is 33.6 Å². The van der Waals surface area contributed by atoms with Crippen molar-refractivity contribution in [3.8, 4) is 6.07 Å². The minimum absolute atomic E-state index is 0.0403. The van der Waals surface area contributed by atoms with Gasteiger partial charge in [-0.2, -0.15) is 10.4 Å². The van der Waals surface area contributed by atoms with E-state index in [1.165, 1.54) is 10.7 Å². The molecule has 1 aliphatic rings. The van der Waals surface area contributed by atoms with Crippen LogP contribution in [0.1, 0.15) is 16.8 Å². The van der Waals surface area contributed by atoms with Crippen LogP contribution in [0.4, 0.5) is 5.82 Å². The number of aromatic nitrogens is 3. The Morgan fingerprint density at radius 1 is 1.58 bits per heavy atom. The Morgan fingerprint density at radius 2 is 2.42 bits per heavy atom. The summed E-state index contributed by atoms with van der Waals surface area (Å²) < 4.78 is 1.52. The highest BCUT2D eigenvalue weighted by Gasteiger charge is 2.23. The smallest absolute Gasteiger partial charge is 0.254 e. The summed E-state index contributed by atoms with van der Waals surface area (Å²) in [6, 6.07) is 4.09. The zero-order valence-electron chi connectivity index (χ0n) is 10.2. The summed E-state index contributed by atoms with van der Waals surface area (Å²) in [5.74, 6) is 0.239. The topological polar surface area (TPSA) is 100 Å². The van der Waals surface area contributed by atoms with Crippen molar-refractivity contribution in [1.29, 1.82) is 5.26 Å². The fourth-order valence-electron chi connectivity index (χ4n) is 2.28. The Morgan fingerprint density at radius 3 is 3.11 bits per heavy atom. The number of carbonyl (C=O) groups is 1. The number of nitrogens with two attached hydrogens (primary N) is 1. The van der Waals surface area contributed by atoms with E-state index in [4.69, 9.17) is 11.0 Å². The second-order valence-corrected chi connectivity index (χ2v) is 4.54. The van der Waals surface area contributed by atoms with Crippen molar-refractivity contribution in [2.24, 2.45) is 11.7 Å². The van der Waals surface area contributed by atoms with E-state index < -0.39 is 5.91 Å². The van der Waals surface area contributed by atoms with Gasteiger partial charge in [-0.1, -0.05) is 0 Å². The van der Waals surface area contributed by atoms with Gasteiger partial charge >= 0.3 is 0 Å². The van der Waals surface area contributed by atoms with Gasteiger partial charge in [-0.25, -0.2) is 9.50 Å². The Bertz CT molecular complexity index is 685. The van der Waals surface area contributed by atoms with Gasteiger partial charge in [0.05, 0.1) is 18.2 Å². The van der Waals surface area contributed by atoms with E-state index in [1.54, 1.807) is 6.20 Å². The maximum Gasteiger partial charge on any atom is 0.254 e. The van der Waals surface area contributed by atoms with E-state index in [1.807, 2.05) is 11.0 Å². The van der Waals surface area contributed by atoms with Crippen LogP contribution in [0.15, 0.2) is 18.5 Å². The first-order valence-corrected chi connectivity index (χ1v) is 5.98. The summed E-state index contributed by atoms with van der Waals surface area (Å²) in [6.45, 7) is 1.46. The zero-order chi connectivity index (χ0) is 13.4. The molecule has 2 N–H and O–H groups in total. The quantitative estimate of drug-likeness (QED) is 0.826. The molecule has 1 amide bonds. The van der Waals surface area contributed by atoms with Crippen LogP contribution in [0.25, 0.3) is 5.65 Å². The molecular formula is C12H12N6O. The number of fused-ring (bicyclic) bond motifs is 1. The van der Waals surface area contributed by atoms with Crippen molar-refractivity contribution in [3.63, 3.8) is 0 Å². The SMILES string of the molecule is N#CC1CCN(c2ccn3ncc(C(N)=O)c3n2)C1. The van der Waals surface area contributed by atoms with Gasteiger partial charge in [0.2, 0.25) is 0 Å². The van der Waals surface area contributed by atoms with Gasteiger partial charge in [0, 0.05) is 19.3 Å². The molecule has 0 aromatic carbocycles. The summed E-state index contributed by atoms with van der Waals surface area (Å²) in [7, 11) is 0. The third-order valence-corrected chi connectivity index (χ3v) is 3.31. The van der Waals surface area contributed by atoms with E-state index in [9.17, 15) is 4.79 Å². The normalized spacial score (nSPS) is 18.7. The predicted molar refractivity (Wildman–Crippen MR) is 67.4 cm³/mol. The molecule has 7 nitrogen and oxygen atoms in total. The van der Waals surface area contributed by atoms with Crippen LogP contribution < -0.4 is 10.6 Å². The van der Waals surface area contributed by atoms with Gasteiger partial charge in [0.15, 0.2) is 5.65 Å². The maximum atomic E-state index is 11.3. The average molecular weight is 256 g/mol. The first-order chi connectivity index (χ1) is 9.19. The van der Waals surface area contributed by atoms with Crippen molar-refractivity contribution in [1.82, 2.24) is 14.6 Å². The van der Waals surface area contributed by atoms with Crippen LogP contribution in [0.3, 0.4) is 0 Å². The molecule has 1 unspecified atom stereocenters. The fourth-order valence-corrected chi connectivity index (χ4v) is 2.28. The molecule has 1 atom stereocenters. The molecule has 96 valence electrons. The third kappa shape index (κ3) is 1.87. The highest BCUT2D eigenvalue weighted by molar-refractivity contribution is 5.98. The summed E-state index contributed by atoms with van der Waals surface area (Å²) in [5, 5.41) is 12.9. The van der Waals surface area contributed by atoms with Crippen molar-refractivity contribution in [2.45, 2.75) is 6.42 Å². The fraction of sp³-hybridized carbons (Fsp3) is 0.333. The molecular weight excluding hydrogens is 244 g/mol. The lowest BCUT2D eigenvalue weighted by Crippen LogP contribution is -2.21. The van der Waals surface area contributed by atoms with Crippen molar-refractivity contribution >= 4 is 17.4 Å². The second kappa shape index (κ2) is 4.24. The predicted octanol–water partition coefficient (Wildman–Crippen LogP) is 0.178. The molecule has 7 heteroatoms. The number of nitrogens with zero attached hydrogens (tertiary/aromatic N) is 5. The van der Waals surface area contributed by atoms with Crippen LogP contribution >= 0.6 is 0 Å². The van der Waals surface area contributed by atoms with E-state index in [0.29, 0.717) is 17.8 Å². The first-order valence-electron chi connectivity index (χ1n) is 5.98. The van der Waals surface area contributed by atoms with Gasteiger partial charge in [-0.15, -0.1) is 0 Å². The van der Waals surface area contributed by atoms with Crippen molar-refractivity contribution in [2.75, 3.05) is 18.0 Å². The van der Waals surface area contributed by atoms with Crippen LogP contribution in [0, 0.1) is 17.2 Å². The monoisotopic (exact) mass is 256 g/mol. The minimum Gasteiger partial charge on any atom is -0.365 e. The Labute approximate surface area is 109 Å². The molecule has 2 aromatic heterocycles. The average Bonchev–Trinajstić information content (AvgIpc) is 3.04. The maximum absolute atomic E-state index is 11.3. The zero-order valence-corrected chi connectivity index (χ0v) is 10.2. The number of primary amides is 1. The standard InChI is InChI=1S/C12H12N6O/c13-5-8-1-3-17(7-8)10-2-4-18-12(16-10)9(6-15-18)11(14)19/h2,4,6,8H,1,3,7H2,(H2,14,19). The molecule has 0 saturated carbocycles. The molecule has 3 rings (SSSR count). The first kappa shape index (κ1) is 11.5. The third-order valence-electron chi connectivity index (χ3n) is 3.31. The highest BCUT2D eigenvalue weighted by Crippen LogP contribution is 2.22. The molecule has 0 spiro atoms. The number of amides is 1. The lowest BCUT2D eigenvalue weighted by molar-refractivity contribution is 0.100. The Balaban J connectivity index is 2.00. The molecule has 3 heterocycles. The summed E-state index contributed by atoms with van der Waals surface area (Å²) in [5.41, 5.74) is 6.04. The lowest BCUT2D eigenvalue weighted by atomic mass is 10.1. The minimum atomic E-state index is -0.545. The van der Waals surface area contributed by atoms with Crippen LogP contribution in [0.2, 0.25) is 0 Å². The number of carbonyl (C=O) groups excluding carboxylic acids is 1. The molecule has 19 heavy (non-hydrogen) atoms. The van der Waals surface area contributed by atoms with Gasteiger partial charge in [-0.05, 0) is 12.5 Å². The van der Waals surface area contributed by atoms with Crippen LogP contribution in [-0.2, 0) is 0 Å². The van der Waals surface area contributed by atoms with E-state index in [2.05, 4.69) is 16.2 Å². The molecule has 1 aliphatic heterocycles. The summed E-state index contributed by atoms with van der Waals surface area (Å²) in [4.78, 5) is 17.7. The van der Waals surface area contributed by atoms with E-state index in [0.717, 1.165) is 18.8 Å². The Kier molecular flexibility index (Phi) is 2.56. The molecule has 0 bridgehead atoms. The Hall–Kier alpha value is -2.62.